The van der Waals surface area contributed by atoms with E-state index in [1.807, 2.05) is 18.2 Å². The fraction of sp³-hybridized carbons (Fsp3) is 0.524. The standard InChI is InChI=1S/C21H30O2Si/c1-24(2,3)23-21(16-12-8-5-9-13-17-21)19-18-20(22)14-10-6-4-7-11-15-20/h6,8,10-13,15,17,22H,4-5,7,9,14,16H2,1-3H3/b10-6-,12-8-,15-11-,17-13-. The van der Waals surface area contributed by atoms with Gasteiger partial charge in [0.2, 0.25) is 0 Å². The summed E-state index contributed by atoms with van der Waals surface area (Å²) in [7, 11) is -1.79. The molecule has 1 N–H and O–H groups in total. The summed E-state index contributed by atoms with van der Waals surface area (Å²) in [5, 5.41) is 10.8. The number of hydrogen-bond donors (Lipinski definition) is 1. The molecule has 2 nitrogen and oxygen atoms in total. The first-order valence-electron chi connectivity index (χ1n) is 8.95. The van der Waals surface area contributed by atoms with Crippen molar-refractivity contribution in [1.82, 2.24) is 0 Å². The van der Waals surface area contributed by atoms with Crippen LogP contribution < -0.4 is 0 Å². The van der Waals surface area contributed by atoms with Crippen molar-refractivity contribution in [2.75, 3.05) is 0 Å². The second-order valence-electron chi connectivity index (χ2n) is 7.59. The van der Waals surface area contributed by atoms with Crippen LogP contribution in [0.25, 0.3) is 0 Å². The van der Waals surface area contributed by atoms with Crippen molar-refractivity contribution in [2.45, 2.75) is 69.4 Å². The lowest BCUT2D eigenvalue weighted by Crippen LogP contribution is -2.41. The molecule has 0 aromatic rings. The minimum Gasteiger partial charge on any atom is -0.398 e. The Hall–Kier alpha value is -1.34. The number of allylic oxidation sites excluding steroid dienone is 4. The molecule has 2 aliphatic carbocycles. The Bertz CT molecular complexity index is 598. The average molecular weight is 343 g/mol. The summed E-state index contributed by atoms with van der Waals surface area (Å²) < 4.78 is 6.47. The molecule has 0 radical (unpaired) electrons. The second-order valence-corrected chi connectivity index (χ2v) is 12.0. The zero-order valence-corrected chi connectivity index (χ0v) is 16.2. The minimum absolute atomic E-state index is 0.527. The predicted molar refractivity (Wildman–Crippen MR) is 104 cm³/mol. The zero-order valence-electron chi connectivity index (χ0n) is 15.2. The van der Waals surface area contributed by atoms with E-state index >= 15 is 0 Å². The summed E-state index contributed by atoms with van der Waals surface area (Å²) in [6, 6.07) is 0. The van der Waals surface area contributed by atoms with Gasteiger partial charge in [0.05, 0.1) is 0 Å². The maximum absolute atomic E-state index is 10.8. The van der Waals surface area contributed by atoms with Gasteiger partial charge in [-0.05, 0) is 57.5 Å². The molecule has 3 heteroatoms. The Labute approximate surface area is 148 Å². The van der Waals surface area contributed by atoms with Crippen LogP contribution in [0.3, 0.4) is 0 Å². The molecule has 2 unspecified atom stereocenters. The molecule has 0 saturated heterocycles. The first kappa shape index (κ1) is 19.0. The second kappa shape index (κ2) is 8.16. The van der Waals surface area contributed by atoms with E-state index in [1.165, 1.54) is 0 Å². The molecule has 24 heavy (non-hydrogen) atoms. The van der Waals surface area contributed by atoms with E-state index < -0.39 is 19.5 Å². The van der Waals surface area contributed by atoms with E-state index in [-0.39, 0.29) is 0 Å². The summed E-state index contributed by atoms with van der Waals surface area (Å²) >= 11 is 0. The molecule has 0 spiro atoms. The van der Waals surface area contributed by atoms with Crippen molar-refractivity contribution in [1.29, 1.82) is 0 Å². The van der Waals surface area contributed by atoms with Crippen LogP contribution in [-0.4, -0.2) is 24.6 Å². The summed E-state index contributed by atoms with van der Waals surface area (Å²) in [6.07, 6.45) is 21.9. The van der Waals surface area contributed by atoms with Crippen LogP contribution in [0.15, 0.2) is 48.6 Å². The third-order valence-electron chi connectivity index (χ3n) is 3.94. The van der Waals surface area contributed by atoms with Crippen LogP contribution in [0, 0.1) is 11.8 Å². The lowest BCUT2D eigenvalue weighted by molar-refractivity contribution is 0.150. The van der Waals surface area contributed by atoms with Crippen molar-refractivity contribution in [2.24, 2.45) is 0 Å². The lowest BCUT2D eigenvalue weighted by Gasteiger charge is -2.33. The Morgan fingerprint density at radius 2 is 1.38 bits per heavy atom. The molecular formula is C21H30O2Si. The van der Waals surface area contributed by atoms with Gasteiger partial charge in [-0.15, -0.1) is 0 Å². The van der Waals surface area contributed by atoms with Gasteiger partial charge in [0.1, 0.15) is 11.2 Å². The quantitative estimate of drug-likeness (QED) is 0.439. The first-order valence-corrected chi connectivity index (χ1v) is 12.4. The van der Waals surface area contributed by atoms with Gasteiger partial charge in [0.15, 0.2) is 8.32 Å². The fourth-order valence-corrected chi connectivity index (χ4v) is 4.17. The highest BCUT2D eigenvalue weighted by Crippen LogP contribution is 2.27. The van der Waals surface area contributed by atoms with Crippen LogP contribution in [0.2, 0.25) is 19.6 Å². The van der Waals surface area contributed by atoms with Gasteiger partial charge in [-0.3, -0.25) is 0 Å². The van der Waals surface area contributed by atoms with Crippen LogP contribution in [-0.2, 0) is 4.43 Å². The third-order valence-corrected chi connectivity index (χ3v) is 4.92. The maximum atomic E-state index is 10.8. The highest BCUT2D eigenvalue weighted by atomic mass is 28.4. The number of aliphatic hydroxyl groups is 1. The van der Waals surface area contributed by atoms with Crippen LogP contribution in [0.5, 0.6) is 0 Å². The van der Waals surface area contributed by atoms with E-state index in [9.17, 15) is 5.11 Å². The van der Waals surface area contributed by atoms with Gasteiger partial charge in [-0.2, -0.15) is 0 Å². The Morgan fingerprint density at radius 1 is 0.792 bits per heavy atom. The normalized spacial score (nSPS) is 36.0. The number of rotatable bonds is 2. The molecule has 0 heterocycles. The molecule has 0 fully saturated rings. The Kier molecular flexibility index (Phi) is 6.45. The van der Waals surface area contributed by atoms with Gasteiger partial charge >= 0.3 is 0 Å². The molecule has 2 rings (SSSR count). The smallest absolute Gasteiger partial charge is 0.186 e. The molecule has 2 atom stereocenters. The highest BCUT2D eigenvalue weighted by Gasteiger charge is 2.32. The molecule has 0 saturated carbocycles. The largest absolute Gasteiger partial charge is 0.398 e. The third kappa shape index (κ3) is 6.28. The van der Waals surface area contributed by atoms with Crippen LogP contribution >= 0.6 is 0 Å². The Morgan fingerprint density at radius 3 is 2.04 bits per heavy atom. The average Bonchev–Trinajstić information content (AvgIpc) is 2.44. The van der Waals surface area contributed by atoms with Crippen molar-refractivity contribution < 1.29 is 9.53 Å². The summed E-state index contributed by atoms with van der Waals surface area (Å²) in [5.41, 5.74) is -1.73. The first-order chi connectivity index (χ1) is 11.3. The lowest BCUT2D eigenvalue weighted by atomic mass is 9.92. The van der Waals surface area contributed by atoms with E-state index in [0.29, 0.717) is 6.42 Å². The molecular weight excluding hydrogens is 312 g/mol. The van der Waals surface area contributed by atoms with Crippen LogP contribution in [0.4, 0.5) is 0 Å². The van der Waals surface area contributed by atoms with Gasteiger partial charge in [-0.25, -0.2) is 0 Å². The summed E-state index contributed by atoms with van der Waals surface area (Å²) in [5.74, 6) is 6.43. The zero-order chi connectivity index (χ0) is 17.5. The Balaban J connectivity index is 2.34. The van der Waals surface area contributed by atoms with E-state index in [2.05, 4.69) is 61.9 Å². The van der Waals surface area contributed by atoms with Crippen LogP contribution in [0.1, 0.15) is 38.5 Å². The SMILES string of the molecule is C[Si](C)(C)OC1(C#CC2(O)/C=C\CC/C=C\C2)/C=C\CC/C=C\C1. The molecule has 2 aliphatic rings. The molecule has 0 aromatic heterocycles. The summed E-state index contributed by atoms with van der Waals surface area (Å²) in [6.45, 7) is 6.54. The molecule has 0 bridgehead atoms. The monoisotopic (exact) mass is 342 g/mol. The molecule has 0 aliphatic heterocycles. The van der Waals surface area contributed by atoms with Crippen molar-refractivity contribution in [3.63, 3.8) is 0 Å². The minimum atomic E-state index is -1.79. The molecule has 0 aromatic carbocycles. The van der Waals surface area contributed by atoms with Gasteiger partial charge in [0.25, 0.3) is 0 Å². The summed E-state index contributed by atoms with van der Waals surface area (Å²) in [4.78, 5) is 0. The fourth-order valence-electron chi connectivity index (χ4n) is 2.88. The van der Waals surface area contributed by atoms with Crippen molar-refractivity contribution in [3.05, 3.63) is 48.6 Å². The van der Waals surface area contributed by atoms with Crippen molar-refractivity contribution in [3.8, 4) is 11.8 Å². The molecule has 0 amide bonds. The molecule has 130 valence electrons. The highest BCUT2D eigenvalue weighted by molar-refractivity contribution is 6.69. The van der Waals surface area contributed by atoms with Gasteiger partial charge < -0.3 is 9.53 Å². The maximum Gasteiger partial charge on any atom is 0.186 e. The van der Waals surface area contributed by atoms with Gasteiger partial charge in [-0.1, -0.05) is 48.3 Å². The predicted octanol–water partition coefficient (Wildman–Crippen LogP) is 4.90. The van der Waals surface area contributed by atoms with E-state index in [1.54, 1.807) is 0 Å². The van der Waals surface area contributed by atoms with Gasteiger partial charge in [0, 0.05) is 12.8 Å². The topological polar surface area (TPSA) is 29.5 Å². The number of hydrogen-bond acceptors (Lipinski definition) is 2. The van der Waals surface area contributed by atoms with Crippen molar-refractivity contribution >= 4 is 8.32 Å². The van der Waals surface area contributed by atoms with E-state index in [0.717, 1.165) is 32.1 Å². The van der Waals surface area contributed by atoms with E-state index in [4.69, 9.17) is 4.43 Å².